The fourth-order valence-corrected chi connectivity index (χ4v) is 3.67. The van der Waals surface area contributed by atoms with Crippen molar-refractivity contribution < 1.29 is 9.59 Å². The van der Waals surface area contributed by atoms with E-state index in [2.05, 4.69) is 34.1 Å². The van der Waals surface area contributed by atoms with E-state index in [0.717, 1.165) is 52.4 Å². The van der Waals surface area contributed by atoms with Gasteiger partial charge in [-0.25, -0.2) is 0 Å². The number of anilines is 1. The third-order valence-electron chi connectivity index (χ3n) is 5.38. The zero-order valence-corrected chi connectivity index (χ0v) is 15.2. The fourth-order valence-electron chi connectivity index (χ4n) is 3.67. The van der Waals surface area contributed by atoms with Crippen molar-refractivity contribution in [3.05, 3.63) is 30.3 Å². The molecule has 0 aromatic heterocycles. The number of benzene rings is 1. The van der Waals surface area contributed by atoms with Gasteiger partial charge in [-0.2, -0.15) is 0 Å². The molecule has 0 aliphatic carbocycles. The van der Waals surface area contributed by atoms with Crippen LogP contribution >= 0.6 is 0 Å². The molecule has 0 radical (unpaired) electrons. The Morgan fingerprint density at radius 1 is 0.840 bits per heavy atom. The average molecular weight is 344 g/mol. The first-order chi connectivity index (χ1) is 12.1. The van der Waals surface area contributed by atoms with Crippen LogP contribution in [0.5, 0.6) is 0 Å². The van der Waals surface area contributed by atoms with Gasteiger partial charge in [-0.05, 0) is 19.1 Å². The summed E-state index contributed by atoms with van der Waals surface area (Å²) in [7, 11) is 0. The third kappa shape index (κ3) is 4.12. The molecule has 0 unspecified atom stereocenters. The van der Waals surface area contributed by atoms with Crippen molar-refractivity contribution in [2.24, 2.45) is 0 Å². The molecule has 1 aromatic rings. The van der Waals surface area contributed by atoms with Crippen LogP contribution in [0, 0.1) is 0 Å². The van der Waals surface area contributed by atoms with Gasteiger partial charge in [0.15, 0.2) is 0 Å². The zero-order chi connectivity index (χ0) is 17.8. The monoisotopic (exact) mass is 344 g/mol. The summed E-state index contributed by atoms with van der Waals surface area (Å²) in [6, 6.07) is 10.3. The summed E-state index contributed by atoms with van der Waals surface area (Å²) in [5.41, 5.74) is 1.23. The van der Waals surface area contributed by atoms with Gasteiger partial charge in [-0.1, -0.05) is 18.2 Å². The topological polar surface area (TPSA) is 47.1 Å². The van der Waals surface area contributed by atoms with Crippen LogP contribution < -0.4 is 4.90 Å². The summed E-state index contributed by atoms with van der Waals surface area (Å²) >= 11 is 0. The minimum absolute atomic E-state index is 0.114. The highest BCUT2D eigenvalue weighted by Gasteiger charge is 2.30. The summed E-state index contributed by atoms with van der Waals surface area (Å²) in [4.78, 5) is 32.6. The van der Waals surface area contributed by atoms with Gasteiger partial charge in [0, 0.05) is 65.0 Å². The molecule has 2 aliphatic heterocycles. The van der Waals surface area contributed by atoms with Gasteiger partial charge in [0.25, 0.3) is 0 Å². The van der Waals surface area contributed by atoms with E-state index in [1.165, 1.54) is 5.69 Å². The first-order valence-electron chi connectivity index (χ1n) is 9.14. The maximum Gasteiger partial charge on any atom is 0.239 e. The van der Waals surface area contributed by atoms with Crippen LogP contribution in [0.4, 0.5) is 5.69 Å². The molecule has 2 aliphatic rings. The largest absolute Gasteiger partial charge is 0.368 e. The van der Waals surface area contributed by atoms with Gasteiger partial charge < -0.3 is 14.7 Å². The summed E-state index contributed by atoms with van der Waals surface area (Å²) in [6.07, 6.45) is 0. The molecule has 2 saturated heterocycles. The van der Waals surface area contributed by atoms with Crippen molar-refractivity contribution in [1.29, 1.82) is 0 Å². The third-order valence-corrected chi connectivity index (χ3v) is 5.38. The maximum atomic E-state index is 12.8. The summed E-state index contributed by atoms with van der Waals surface area (Å²) in [5, 5.41) is 0. The average Bonchev–Trinajstić information content (AvgIpc) is 2.67. The van der Waals surface area contributed by atoms with Crippen LogP contribution in [0.25, 0.3) is 0 Å². The number of carbonyl (C=O) groups excluding carboxylic acids is 2. The number of piperazine rings is 2. The molecule has 2 fully saturated rings. The number of amides is 2. The highest BCUT2D eigenvalue weighted by molar-refractivity contribution is 5.82. The van der Waals surface area contributed by atoms with E-state index in [-0.39, 0.29) is 17.9 Å². The molecule has 0 bridgehead atoms. The Labute approximate surface area is 150 Å². The Balaban J connectivity index is 1.50. The molecule has 6 nitrogen and oxygen atoms in total. The highest BCUT2D eigenvalue weighted by atomic mass is 16.2. The minimum atomic E-state index is -0.114. The van der Waals surface area contributed by atoms with E-state index >= 15 is 0 Å². The number of carbonyl (C=O) groups is 2. The molecule has 2 heterocycles. The van der Waals surface area contributed by atoms with Crippen molar-refractivity contribution in [3.8, 4) is 0 Å². The standard InChI is InChI=1S/C19H28N4O2/c1-16(20-8-10-21(11-9-20)17(2)24)19(25)23-14-12-22(13-15-23)18-6-4-3-5-7-18/h3-7,16H,8-15H2,1-2H3/t16-/m0/s1. The van der Waals surface area contributed by atoms with E-state index in [1.54, 1.807) is 6.92 Å². The van der Waals surface area contributed by atoms with E-state index in [0.29, 0.717) is 0 Å². The lowest BCUT2D eigenvalue weighted by Crippen LogP contribution is -2.57. The van der Waals surface area contributed by atoms with Gasteiger partial charge in [0.2, 0.25) is 11.8 Å². The lowest BCUT2D eigenvalue weighted by atomic mass is 10.1. The lowest BCUT2D eigenvalue weighted by Gasteiger charge is -2.41. The van der Waals surface area contributed by atoms with Gasteiger partial charge in [-0.3, -0.25) is 14.5 Å². The van der Waals surface area contributed by atoms with E-state index < -0.39 is 0 Å². The lowest BCUT2D eigenvalue weighted by molar-refractivity contribution is -0.138. The second kappa shape index (κ2) is 7.87. The van der Waals surface area contributed by atoms with Crippen molar-refractivity contribution in [3.63, 3.8) is 0 Å². The number of rotatable bonds is 3. The van der Waals surface area contributed by atoms with Crippen molar-refractivity contribution in [2.45, 2.75) is 19.9 Å². The first-order valence-corrected chi connectivity index (χ1v) is 9.14. The van der Waals surface area contributed by atoms with Crippen molar-refractivity contribution in [1.82, 2.24) is 14.7 Å². The zero-order valence-electron chi connectivity index (χ0n) is 15.2. The van der Waals surface area contributed by atoms with Crippen LogP contribution in [0.15, 0.2) is 30.3 Å². The molecule has 6 heteroatoms. The predicted octanol–water partition coefficient (Wildman–Crippen LogP) is 0.888. The minimum Gasteiger partial charge on any atom is -0.368 e. The van der Waals surface area contributed by atoms with Crippen LogP contribution in [0.2, 0.25) is 0 Å². The molecule has 1 atom stereocenters. The molecule has 25 heavy (non-hydrogen) atoms. The molecule has 2 amide bonds. The normalized spacial score (nSPS) is 20.5. The number of para-hydroxylation sites is 1. The van der Waals surface area contributed by atoms with E-state index in [4.69, 9.17) is 0 Å². The summed E-state index contributed by atoms with van der Waals surface area (Å²) < 4.78 is 0. The Morgan fingerprint density at radius 2 is 1.40 bits per heavy atom. The Bertz CT molecular complexity index is 591. The van der Waals surface area contributed by atoms with Crippen molar-refractivity contribution in [2.75, 3.05) is 57.3 Å². The van der Waals surface area contributed by atoms with Gasteiger partial charge in [0.05, 0.1) is 6.04 Å². The molecular formula is C19H28N4O2. The summed E-state index contributed by atoms with van der Waals surface area (Å²) in [6.45, 7) is 9.88. The molecular weight excluding hydrogens is 316 g/mol. The first kappa shape index (κ1) is 17.7. The quantitative estimate of drug-likeness (QED) is 0.817. The van der Waals surface area contributed by atoms with E-state index in [1.807, 2.05) is 22.8 Å². The number of hydrogen-bond donors (Lipinski definition) is 0. The number of hydrogen-bond acceptors (Lipinski definition) is 4. The molecule has 0 saturated carbocycles. The molecule has 0 N–H and O–H groups in total. The van der Waals surface area contributed by atoms with E-state index in [9.17, 15) is 9.59 Å². The predicted molar refractivity (Wildman–Crippen MR) is 98.5 cm³/mol. The Hall–Kier alpha value is -2.08. The molecule has 3 rings (SSSR count). The molecule has 136 valence electrons. The second-order valence-electron chi connectivity index (χ2n) is 6.87. The van der Waals surface area contributed by atoms with Gasteiger partial charge in [-0.15, -0.1) is 0 Å². The highest BCUT2D eigenvalue weighted by Crippen LogP contribution is 2.17. The maximum absolute atomic E-state index is 12.8. The second-order valence-corrected chi connectivity index (χ2v) is 6.87. The fraction of sp³-hybridized carbons (Fsp3) is 0.579. The van der Waals surface area contributed by atoms with Crippen LogP contribution in [0.1, 0.15) is 13.8 Å². The SMILES string of the molecule is CC(=O)N1CCN([C@@H](C)C(=O)N2CCN(c3ccccc3)CC2)CC1. The Morgan fingerprint density at radius 3 is 1.96 bits per heavy atom. The van der Waals surface area contributed by atoms with Gasteiger partial charge >= 0.3 is 0 Å². The number of nitrogens with zero attached hydrogens (tertiary/aromatic N) is 4. The molecule has 0 spiro atoms. The van der Waals surface area contributed by atoms with Crippen LogP contribution in [0.3, 0.4) is 0 Å². The smallest absolute Gasteiger partial charge is 0.239 e. The van der Waals surface area contributed by atoms with Crippen LogP contribution in [-0.4, -0.2) is 84.9 Å². The Kier molecular flexibility index (Phi) is 5.58. The molecule has 1 aromatic carbocycles. The van der Waals surface area contributed by atoms with Crippen LogP contribution in [-0.2, 0) is 9.59 Å². The summed E-state index contributed by atoms with van der Waals surface area (Å²) in [5.74, 6) is 0.333. The van der Waals surface area contributed by atoms with Crippen molar-refractivity contribution >= 4 is 17.5 Å². The van der Waals surface area contributed by atoms with Gasteiger partial charge in [0.1, 0.15) is 0 Å².